The van der Waals surface area contributed by atoms with Crippen LogP contribution in [0.2, 0.25) is 10.0 Å². The third kappa shape index (κ3) is 3.95. The van der Waals surface area contributed by atoms with Crippen molar-refractivity contribution in [1.29, 1.82) is 0 Å². The molecular weight excluding hydrogens is 437 g/mol. The number of rotatable bonds is 4. The molecule has 0 spiro atoms. The summed E-state index contributed by atoms with van der Waals surface area (Å²) in [5.41, 5.74) is 8.17. The van der Waals surface area contributed by atoms with Gasteiger partial charge in [0.05, 0.1) is 12.5 Å². The van der Waals surface area contributed by atoms with Gasteiger partial charge in [0.2, 0.25) is 5.88 Å². The highest BCUT2D eigenvalue weighted by molar-refractivity contribution is 6.32. The van der Waals surface area contributed by atoms with Crippen LogP contribution in [0.15, 0.2) is 71.3 Å². The van der Waals surface area contributed by atoms with E-state index in [0.29, 0.717) is 33.4 Å². The van der Waals surface area contributed by atoms with Gasteiger partial charge in [0.15, 0.2) is 5.78 Å². The lowest BCUT2D eigenvalue weighted by atomic mass is 9.73. The Morgan fingerprint density at radius 1 is 1.06 bits per heavy atom. The van der Waals surface area contributed by atoms with Crippen molar-refractivity contribution < 1.29 is 19.1 Å². The van der Waals surface area contributed by atoms with Crippen LogP contribution >= 0.6 is 23.2 Å². The van der Waals surface area contributed by atoms with Gasteiger partial charge in [-0.3, -0.25) is 4.79 Å². The van der Waals surface area contributed by atoms with E-state index in [2.05, 4.69) is 0 Å². The van der Waals surface area contributed by atoms with Gasteiger partial charge >= 0.3 is 5.97 Å². The molecular formula is C24H21Cl2NO4. The van der Waals surface area contributed by atoms with E-state index in [9.17, 15) is 9.59 Å². The van der Waals surface area contributed by atoms with Gasteiger partial charge in [0, 0.05) is 28.5 Å². The van der Waals surface area contributed by atoms with Crippen LogP contribution in [0, 0.1) is 0 Å². The maximum atomic E-state index is 13.4. The van der Waals surface area contributed by atoms with Crippen molar-refractivity contribution >= 4 is 35.0 Å². The largest absolute Gasteiger partial charge is 0.462 e. The number of ether oxygens (including phenoxy) is 2. The second kappa shape index (κ2) is 8.77. The van der Waals surface area contributed by atoms with Crippen LogP contribution in [0.4, 0.5) is 0 Å². The molecule has 1 aliphatic carbocycles. The van der Waals surface area contributed by atoms with E-state index in [-0.39, 0.29) is 36.2 Å². The molecule has 0 amide bonds. The lowest BCUT2D eigenvalue weighted by Gasteiger charge is -2.35. The quantitative estimate of drug-likeness (QED) is 0.634. The third-order valence-electron chi connectivity index (χ3n) is 5.60. The molecule has 0 fully saturated rings. The van der Waals surface area contributed by atoms with Gasteiger partial charge in [-0.2, -0.15) is 0 Å². The van der Waals surface area contributed by atoms with Crippen molar-refractivity contribution in [2.24, 2.45) is 5.73 Å². The molecule has 1 aliphatic heterocycles. The van der Waals surface area contributed by atoms with Gasteiger partial charge < -0.3 is 15.2 Å². The van der Waals surface area contributed by atoms with Gasteiger partial charge in [-0.25, -0.2) is 4.79 Å². The first-order chi connectivity index (χ1) is 14.9. The van der Waals surface area contributed by atoms with Gasteiger partial charge in [-0.15, -0.1) is 0 Å². The average Bonchev–Trinajstić information content (AvgIpc) is 2.73. The first-order valence-corrected chi connectivity index (χ1v) is 10.8. The standard InChI is InChI=1S/C24H21Cl2NO4/c1-2-30-24(29)22-20(15-8-4-6-10-17(15)26)21-18(28)11-13(12-19(21)31-23(22)27)14-7-3-5-9-16(14)25/h3-10,13,20H,2,11-12,27H2,1H3/t13-,20+/m1/s1. The second-order valence-electron chi connectivity index (χ2n) is 7.44. The summed E-state index contributed by atoms with van der Waals surface area (Å²) in [5, 5.41) is 1.02. The molecule has 31 heavy (non-hydrogen) atoms. The maximum absolute atomic E-state index is 13.4. The van der Waals surface area contributed by atoms with Crippen molar-refractivity contribution in [3.8, 4) is 0 Å². The molecule has 0 saturated carbocycles. The highest BCUT2D eigenvalue weighted by Crippen LogP contribution is 2.49. The molecule has 160 valence electrons. The molecule has 0 radical (unpaired) electrons. The number of carbonyl (C=O) groups is 2. The Balaban J connectivity index is 1.83. The van der Waals surface area contributed by atoms with E-state index in [1.54, 1.807) is 37.3 Å². The number of benzene rings is 2. The van der Waals surface area contributed by atoms with Gasteiger partial charge in [0.25, 0.3) is 0 Å². The first kappa shape index (κ1) is 21.5. The van der Waals surface area contributed by atoms with Crippen molar-refractivity contribution in [3.05, 3.63) is 92.5 Å². The van der Waals surface area contributed by atoms with E-state index in [1.165, 1.54) is 0 Å². The summed E-state index contributed by atoms with van der Waals surface area (Å²) >= 11 is 12.8. The highest BCUT2D eigenvalue weighted by Gasteiger charge is 2.44. The number of nitrogens with two attached hydrogens (primary N) is 1. The number of Topliss-reactive ketones (excluding diaryl/α,β-unsaturated/α-hetero) is 1. The molecule has 0 saturated heterocycles. The van der Waals surface area contributed by atoms with Gasteiger partial charge in [-0.1, -0.05) is 59.6 Å². The number of esters is 1. The Labute approximate surface area is 190 Å². The van der Waals surface area contributed by atoms with Gasteiger partial charge in [-0.05, 0) is 36.1 Å². The van der Waals surface area contributed by atoms with E-state index >= 15 is 0 Å². The second-order valence-corrected chi connectivity index (χ2v) is 8.26. The molecule has 0 bridgehead atoms. The number of hydrogen-bond acceptors (Lipinski definition) is 5. The minimum atomic E-state index is -0.754. The fourth-order valence-electron chi connectivity index (χ4n) is 4.26. The SMILES string of the molecule is CCOC(=O)C1=C(N)OC2=C(C(=O)C[C@@H](c3ccccc3Cl)C2)[C@@H]1c1ccccc1Cl. The molecule has 2 aromatic carbocycles. The summed E-state index contributed by atoms with van der Waals surface area (Å²) in [4.78, 5) is 26.2. The molecule has 0 aromatic heterocycles. The van der Waals surface area contributed by atoms with Crippen LogP contribution in [0.25, 0.3) is 0 Å². The van der Waals surface area contributed by atoms with Crippen LogP contribution < -0.4 is 5.73 Å². The summed E-state index contributed by atoms with van der Waals surface area (Å²) in [6.07, 6.45) is 0.672. The Morgan fingerprint density at radius 3 is 2.29 bits per heavy atom. The normalized spacial score (nSPS) is 20.9. The predicted octanol–water partition coefficient (Wildman–Crippen LogP) is 5.24. The predicted molar refractivity (Wildman–Crippen MR) is 119 cm³/mol. The third-order valence-corrected chi connectivity index (χ3v) is 6.29. The van der Waals surface area contributed by atoms with E-state index < -0.39 is 11.9 Å². The Bertz CT molecular complexity index is 1120. The zero-order valence-electron chi connectivity index (χ0n) is 16.9. The van der Waals surface area contributed by atoms with Gasteiger partial charge in [0.1, 0.15) is 11.3 Å². The summed E-state index contributed by atoms with van der Waals surface area (Å²) < 4.78 is 11.1. The number of ketones is 1. The highest BCUT2D eigenvalue weighted by atomic mass is 35.5. The van der Waals surface area contributed by atoms with Crippen LogP contribution in [-0.4, -0.2) is 18.4 Å². The van der Waals surface area contributed by atoms with Crippen LogP contribution in [0.5, 0.6) is 0 Å². The van der Waals surface area contributed by atoms with Crippen molar-refractivity contribution in [2.45, 2.75) is 31.6 Å². The van der Waals surface area contributed by atoms with Crippen molar-refractivity contribution in [2.75, 3.05) is 6.61 Å². The smallest absolute Gasteiger partial charge is 0.340 e. The topological polar surface area (TPSA) is 78.6 Å². The number of allylic oxidation sites excluding steroid dienone is 2. The summed E-state index contributed by atoms with van der Waals surface area (Å²) in [5.74, 6) is -1.30. The number of halogens is 2. The molecule has 7 heteroatoms. The molecule has 4 rings (SSSR count). The Hall–Kier alpha value is -2.76. The zero-order chi connectivity index (χ0) is 22.1. The molecule has 2 atom stereocenters. The molecule has 1 heterocycles. The zero-order valence-corrected chi connectivity index (χ0v) is 18.4. The molecule has 2 N–H and O–H groups in total. The minimum absolute atomic E-state index is 0.0743. The maximum Gasteiger partial charge on any atom is 0.340 e. The summed E-state index contributed by atoms with van der Waals surface area (Å²) in [7, 11) is 0. The number of hydrogen-bond donors (Lipinski definition) is 1. The summed E-state index contributed by atoms with van der Waals surface area (Å²) in [6, 6.07) is 14.5. The fourth-order valence-corrected chi connectivity index (χ4v) is 4.80. The number of carbonyl (C=O) groups excluding carboxylic acids is 2. The van der Waals surface area contributed by atoms with Crippen molar-refractivity contribution in [3.63, 3.8) is 0 Å². The molecule has 2 aromatic rings. The van der Waals surface area contributed by atoms with E-state index in [0.717, 1.165) is 5.56 Å². The lowest BCUT2D eigenvalue weighted by molar-refractivity contribution is -0.139. The Morgan fingerprint density at radius 2 is 1.68 bits per heavy atom. The van der Waals surface area contributed by atoms with Crippen molar-refractivity contribution in [1.82, 2.24) is 0 Å². The van der Waals surface area contributed by atoms with E-state index in [4.69, 9.17) is 38.4 Å². The molecule has 0 unspecified atom stereocenters. The monoisotopic (exact) mass is 457 g/mol. The first-order valence-electron chi connectivity index (χ1n) is 10.0. The van der Waals surface area contributed by atoms with Crippen LogP contribution in [-0.2, 0) is 19.1 Å². The Kier molecular flexibility index (Phi) is 6.08. The fraction of sp³-hybridized carbons (Fsp3) is 0.250. The van der Waals surface area contributed by atoms with E-state index in [1.807, 2.05) is 18.2 Å². The van der Waals surface area contributed by atoms with Crippen LogP contribution in [0.3, 0.4) is 0 Å². The molecule has 2 aliphatic rings. The lowest BCUT2D eigenvalue weighted by Crippen LogP contribution is -2.33. The van der Waals surface area contributed by atoms with Crippen LogP contribution in [0.1, 0.15) is 42.7 Å². The summed E-state index contributed by atoms with van der Waals surface area (Å²) in [6.45, 7) is 1.87. The molecule has 5 nitrogen and oxygen atoms in total. The minimum Gasteiger partial charge on any atom is -0.462 e. The average molecular weight is 458 g/mol.